The van der Waals surface area contributed by atoms with Crippen molar-refractivity contribution >= 4 is 11.8 Å². The molecule has 24 heavy (non-hydrogen) atoms. The molecule has 128 valence electrons. The van der Waals surface area contributed by atoms with Crippen LogP contribution in [0.3, 0.4) is 0 Å². The number of esters is 1. The number of carbonyl (C=O) groups is 2. The van der Waals surface area contributed by atoms with Gasteiger partial charge in [0.1, 0.15) is 36.1 Å². The molecule has 0 N–H and O–H groups in total. The maximum absolute atomic E-state index is 13.8. The summed E-state index contributed by atoms with van der Waals surface area (Å²) in [5.74, 6) is -5.31. The normalized spacial score (nSPS) is 12.0. The van der Waals surface area contributed by atoms with Crippen molar-refractivity contribution in [1.82, 2.24) is 14.8 Å². The Morgan fingerprint density at radius 3 is 2.46 bits per heavy atom. The number of benzene rings is 1. The van der Waals surface area contributed by atoms with E-state index in [-0.39, 0.29) is 19.4 Å². The summed E-state index contributed by atoms with van der Waals surface area (Å²) in [6, 6.07) is -0.341. The van der Waals surface area contributed by atoms with Crippen LogP contribution in [0.4, 0.5) is 13.2 Å². The lowest BCUT2D eigenvalue weighted by Gasteiger charge is -2.16. The van der Waals surface area contributed by atoms with Gasteiger partial charge >= 0.3 is 5.97 Å². The second-order valence-corrected chi connectivity index (χ2v) is 4.84. The van der Waals surface area contributed by atoms with E-state index in [4.69, 9.17) is 4.74 Å². The van der Waals surface area contributed by atoms with Crippen LogP contribution in [0.2, 0.25) is 0 Å². The van der Waals surface area contributed by atoms with Gasteiger partial charge in [-0.2, -0.15) is 5.10 Å². The van der Waals surface area contributed by atoms with Gasteiger partial charge < -0.3 is 4.74 Å². The third-order valence-corrected chi connectivity index (χ3v) is 3.24. The number of hydrogen-bond acceptors (Lipinski definition) is 5. The van der Waals surface area contributed by atoms with Crippen LogP contribution >= 0.6 is 0 Å². The Hall–Kier alpha value is -2.71. The third-order valence-electron chi connectivity index (χ3n) is 3.24. The molecule has 1 heterocycles. The molecule has 0 radical (unpaired) electrons. The maximum atomic E-state index is 13.8. The van der Waals surface area contributed by atoms with Gasteiger partial charge in [0, 0.05) is 18.6 Å². The van der Waals surface area contributed by atoms with Gasteiger partial charge in [-0.3, -0.25) is 9.59 Å². The molecule has 0 aliphatic rings. The Labute approximate surface area is 135 Å². The minimum Gasteiger partial charge on any atom is -0.466 e. The van der Waals surface area contributed by atoms with Crippen LogP contribution in [0.5, 0.6) is 0 Å². The summed E-state index contributed by atoms with van der Waals surface area (Å²) in [5.41, 5.74) is -0.888. The molecule has 0 fully saturated rings. The van der Waals surface area contributed by atoms with E-state index >= 15 is 0 Å². The highest BCUT2D eigenvalue weighted by Gasteiger charge is 2.29. The number of hydrogen-bond donors (Lipinski definition) is 0. The first-order chi connectivity index (χ1) is 11.4. The minimum absolute atomic E-state index is 0.0999. The molecule has 0 saturated carbocycles. The molecule has 9 heteroatoms. The third kappa shape index (κ3) is 3.98. The van der Waals surface area contributed by atoms with Crippen LogP contribution in [0, 0.1) is 17.5 Å². The van der Waals surface area contributed by atoms with Gasteiger partial charge in [0.2, 0.25) is 0 Å². The second-order valence-electron chi connectivity index (χ2n) is 4.84. The van der Waals surface area contributed by atoms with Gasteiger partial charge in [-0.25, -0.2) is 22.8 Å². The van der Waals surface area contributed by atoms with Crippen molar-refractivity contribution in [3.63, 3.8) is 0 Å². The van der Waals surface area contributed by atoms with Crippen LogP contribution in [0.25, 0.3) is 0 Å². The largest absolute Gasteiger partial charge is 0.466 e. The molecule has 0 spiro atoms. The molecule has 1 unspecified atom stereocenters. The summed E-state index contributed by atoms with van der Waals surface area (Å²) in [5, 5.41) is 3.78. The summed E-state index contributed by atoms with van der Waals surface area (Å²) in [6.45, 7) is 1.79. The lowest BCUT2D eigenvalue weighted by Crippen LogP contribution is -2.24. The van der Waals surface area contributed by atoms with Crippen molar-refractivity contribution in [2.24, 2.45) is 0 Å². The van der Waals surface area contributed by atoms with E-state index in [1.165, 1.54) is 6.33 Å². The van der Waals surface area contributed by atoms with E-state index in [2.05, 4.69) is 10.1 Å². The monoisotopic (exact) mass is 341 g/mol. The second kappa shape index (κ2) is 7.71. The molecule has 0 aliphatic heterocycles. The zero-order chi connectivity index (χ0) is 17.7. The number of ether oxygens (including phenoxy) is 1. The van der Waals surface area contributed by atoms with E-state index in [9.17, 15) is 22.8 Å². The summed E-state index contributed by atoms with van der Waals surface area (Å²) < 4.78 is 46.5. The maximum Gasteiger partial charge on any atom is 0.305 e. The summed E-state index contributed by atoms with van der Waals surface area (Å²) in [4.78, 5) is 27.7. The highest BCUT2D eigenvalue weighted by atomic mass is 19.1. The molecule has 0 saturated heterocycles. The van der Waals surface area contributed by atoms with Crippen molar-refractivity contribution in [2.45, 2.75) is 25.8 Å². The van der Waals surface area contributed by atoms with Crippen LogP contribution in [0.15, 0.2) is 24.8 Å². The Bertz CT molecular complexity index is 712. The number of Topliss-reactive ketones (excluding diaryl/α,β-unsaturated/α-hetero) is 1. The predicted octanol–water partition coefficient (Wildman–Crippen LogP) is 2.46. The molecule has 6 nitrogen and oxygen atoms in total. The summed E-state index contributed by atoms with van der Waals surface area (Å²) in [7, 11) is 0. The lowest BCUT2D eigenvalue weighted by molar-refractivity contribution is -0.143. The first-order valence-electron chi connectivity index (χ1n) is 7.12. The van der Waals surface area contributed by atoms with Crippen molar-refractivity contribution in [3.8, 4) is 0 Å². The molecule has 0 bridgehead atoms. The minimum atomic E-state index is -1.32. The fourth-order valence-corrected chi connectivity index (χ4v) is 2.19. The molecule has 0 aliphatic carbocycles. The van der Waals surface area contributed by atoms with E-state index in [1.807, 2.05) is 0 Å². The molecular weight excluding hydrogens is 327 g/mol. The Balaban J connectivity index is 2.30. The predicted molar refractivity (Wildman–Crippen MR) is 75.6 cm³/mol. The van der Waals surface area contributed by atoms with E-state index in [1.54, 1.807) is 6.92 Å². The fraction of sp³-hybridized carbons (Fsp3) is 0.333. The Morgan fingerprint density at radius 2 is 1.92 bits per heavy atom. The number of rotatable bonds is 7. The fourth-order valence-electron chi connectivity index (χ4n) is 2.19. The van der Waals surface area contributed by atoms with Gasteiger partial charge in [0.05, 0.1) is 12.2 Å². The average Bonchev–Trinajstić information content (AvgIpc) is 3.00. The molecule has 2 rings (SSSR count). The van der Waals surface area contributed by atoms with Gasteiger partial charge in [0.15, 0.2) is 5.78 Å². The average molecular weight is 341 g/mol. The standard InChI is InChI=1S/C15H14F3N3O3/c1-2-24-13(22)4-3-12(21-8-19-7-20-21)15(23)14-10(17)5-9(16)6-11(14)18/h5-8,12H,2-4H2,1H3. The van der Waals surface area contributed by atoms with Crippen molar-refractivity contribution in [2.75, 3.05) is 6.61 Å². The van der Waals surface area contributed by atoms with Crippen molar-refractivity contribution < 1.29 is 27.5 Å². The highest BCUT2D eigenvalue weighted by Crippen LogP contribution is 2.24. The summed E-state index contributed by atoms with van der Waals surface area (Å²) in [6.07, 6.45) is 2.07. The van der Waals surface area contributed by atoms with Crippen molar-refractivity contribution in [3.05, 3.63) is 47.8 Å². The van der Waals surface area contributed by atoms with E-state index < -0.39 is 40.8 Å². The van der Waals surface area contributed by atoms with Crippen LogP contribution in [0.1, 0.15) is 36.2 Å². The number of aromatic nitrogens is 3. The zero-order valence-electron chi connectivity index (χ0n) is 12.7. The Morgan fingerprint density at radius 1 is 1.25 bits per heavy atom. The van der Waals surface area contributed by atoms with Gasteiger partial charge in [0.25, 0.3) is 0 Å². The zero-order valence-corrected chi connectivity index (χ0v) is 12.7. The van der Waals surface area contributed by atoms with Gasteiger partial charge in [-0.1, -0.05) is 0 Å². The van der Waals surface area contributed by atoms with E-state index in [0.717, 1.165) is 11.0 Å². The van der Waals surface area contributed by atoms with Crippen LogP contribution < -0.4 is 0 Å². The van der Waals surface area contributed by atoms with Crippen molar-refractivity contribution in [1.29, 1.82) is 0 Å². The van der Waals surface area contributed by atoms with E-state index in [0.29, 0.717) is 12.1 Å². The molecule has 1 aromatic heterocycles. The Kier molecular flexibility index (Phi) is 5.67. The topological polar surface area (TPSA) is 74.1 Å². The van der Waals surface area contributed by atoms with Crippen LogP contribution in [-0.4, -0.2) is 33.1 Å². The number of halogens is 3. The molecule has 0 amide bonds. The van der Waals surface area contributed by atoms with Gasteiger partial charge in [-0.05, 0) is 13.3 Å². The molecule has 2 aromatic rings. The number of ketones is 1. The molecule has 1 aromatic carbocycles. The first kappa shape index (κ1) is 17.6. The lowest BCUT2D eigenvalue weighted by atomic mass is 9.99. The van der Waals surface area contributed by atoms with Gasteiger partial charge in [-0.15, -0.1) is 0 Å². The quantitative estimate of drug-likeness (QED) is 0.571. The molecular formula is C15H14F3N3O3. The highest BCUT2D eigenvalue weighted by molar-refractivity contribution is 5.99. The summed E-state index contributed by atoms with van der Waals surface area (Å²) >= 11 is 0. The number of carbonyl (C=O) groups excluding carboxylic acids is 2. The first-order valence-corrected chi connectivity index (χ1v) is 7.12. The smallest absolute Gasteiger partial charge is 0.305 e. The van der Waals surface area contributed by atoms with Crippen LogP contribution in [-0.2, 0) is 9.53 Å². The molecule has 1 atom stereocenters. The SMILES string of the molecule is CCOC(=O)CCC(C(=O)c1c(F)cc(F)cc1F)n1cncn1. The number of nitrogens with zero attached hydrogens (tertiary/aromatic N) is 3.